The first-order valence-electron chi connectivity index (χ1n) is 8.10. The summed E-state index contributed by atoms with van der Waals surface area (Å²) in [5, 5.41) is 3.62. The Morgan fingerprint density at radius 2 is 2.05 bits per heavy atom. The predicted molar refractivity (Wildman–Crippen MR) is 85.5 cm³/mol. The number of piperazine rings is 1. The number of benzene rings is 1. The van der Waals surface area contributed by atoms with Crippen molar-refractivity contribution in [3.63, 3.8) is 0 Å². The van der Waals surface area contributed by atoms with Crippen LogP contribution in [-0.4, -0.2) is 38.9 Å². The Hall–Kier alpha value is -1.42. The van der Waals surface area contributed by atoms with E-state index in [-0.39, 0.29) is 0 Å². The van der Waals surface area contributed by atoms with E-state index in [9.17, 15) is 0 Å². The van der Waals surface area contributed by atoms with Crippen LogP contribution in [0.1, 0.15) is 26.7 Å². The molecule has 0 spiro atoms. The summed E-state index contributed by atoms with van der Waals surface area (Å²) in [6.45, 7) is 9.23. The van der Waals surface area contributed by atoms with E-state index in [0.717, 1.165) is 56.7 Å². The molecule has 0 aromatic heterocycles. The second-order valence-electron chi connectivity index (χ2n) is 6.41. The number of ether oxygens (including phenoxy) is 2. The van der Waals surface area contributed by atoms with Gasteiger partial charge in [-0.25, -0.2) is 0 Å². The maximum Gasteiger partial charge on any atom is 0.163 e. The smallest absolute Gasteiger partial charge is 0.163 e. The van der Waals surface area contributed by atoms with E-state index in [1.54, 1.807) is 0 Å². The lowest BCUT2D eigenvalue weighted by molar-refractivity contribution is 0.297. The Kier molecular flexibility index (Phi) is 4.54. The molecular weight excluding hydrogens is 264 g/mol. The Morgan fingerprint density at radius 1 is 1.24 bits per heavy atom. The number of rotatable bonds is 3. The number of fused-ring (bicyclic) bond motifs is 1. The fourth-order valence-electron chi connectivity index (χ4n) is 3.14. The van der Waals surface area contributed by atoms with Crippen molar-refractivity contribution in [3.8, 4) is 11.5 Å². The van der Waals surface area contributed by atoms with Crippen LogP contribution in [0.2, 0.25) is 0 Å². The molecule has 1 aromatic carbocycles. The van der Waals surface area contributed by atoms with Crippen LogP contribution in [0.5, 0.6) is 11.5 Å². The maximum atomic E-state index is 5.80. The first kappa shape index (κ1) is 14.5. The van der Waals surface area contributed by atoms with E-state index in [1.165, 1.54) is 12.1 Å². The largest absolute Gasteiger partial charge is 0.490 e. The number of anilines is 1. The second-order valence-corrected chi connectivity index (χ2v) is 6.41. The zero-order chi connectivity index (χ0) is 14.7. The van der Waals surface area contributed by atoms with Crippen LogP contribution in [0.4, 0.5) is 5.69 Å². The van der Waals surface area contributed by atoms with Gasteiger partial charge in [-0.3, -0.25) is 0 Å². The Morgan fingerprint density at radius 3 is 2.86 bits per heavy atom. The van der Waals surface area contributed by atoms with Crippen molar-refractivity contribution in [3.05, 3.63) is 18.2 Å². The summed E-state index contributed by atoms with van der Waals surface area (Å²) >= 11 is 0. The highest BCUT2D eigenvalue weighted by atomic mass is 16.5. The number of nitrogens with zero attached hydrogens (tertiary/aromatic N) is 1. The standard InChI is InChI=1S/C17H26N2O2/c1-13(2)10-14-12-19(7-6-18-14)15-4-5-16-17(11-15)21-9-3-8-20-16/h4-5,11,13-14,18H,3,6-10,12H2,1-2H3. The molecule has 1 N–H and O–H groups in total. The SMILES string of the molecule is CC(C)CC1CN(c2ccc3c(c2)OCCCO3)CCN1. The van der Waals surface area contributed by atoms with Crippen molar-refractivity contribution in [2.75, 3.05) is 37.7 Å². The average Bonchev–Trinajstić information content (AvgIpc) is 2.71. The third-order valence-corrected chi connectivity index (χ3v) is 4.11. The molecule has 0 aliphatic carbocycles. The van der Waals surface area contributed by atoms with Gasteiger partial charge in [0.05, 0.1) is 13.2 Å². The van der Waals surface area contributed by atoms with Crippen LogP contribution in [0.15, 0.2) is 18.2 Å². The lowest BCUT2D eigenvalue weighted by Gasteiger charge is -2.36. The molecular formula is C17H26N2O2. The second kappa shape index (κ2) is 6.56. The molecule has 1 atom stereocenters. The molecule has 116 valence electrons. The molecule has 4 nitrogen and oxygen atoms in total. The van der Waals surface area contributed by atoms with Crippen molar-refractivity contribution < 1.29 is 9.47 Å². The highest BCUT2D eigenvalue weighted by Gasteiger charge is 2.21. The number of nitrogens with one attached hydrogen (secondary N) is 1. The van der Waals surface area contributed by atoms with Crippen LogP contribution in [0, 0.1) is 5.92 Å². The highest BCUT2D eigenvalue weighted by Crippen LogP contribution is 2.34. The fraction of sp³-hybridized carbons (Fsp3) is 0.647. The van der Waals surface area contributed by atoms with Gasteiger partial charge in [-0.15, -0.1) is 0 Å². The molecule has 2 aliphatic rings. The van der Waals surface area contributed by atoms with Gasteiger partial charge < -0.3 is 19.7 Å². The van der Waals surface area contributed by atoms with Crippen LogP contribution >= 0.6 is 0 Å². The van der Waals surface area contributed by atoms with E-state index in [4.69, 9.17) is 9.47 Å². The van der Waals surface area contributed by atoms with Gasteiger partial charge in [-0.2, -0.15) is 0 Å². The van der Waals surface area contributed by atoms with Gasteiger partial charge >= 0.3 is 0 Å². The predicted octanol–water partition coefficient (Wildman–Crippen LogP) is 2.67. The van der Waals surface area contributed by atoms with E-state index in [0.29, 0.717) is 6.04 Å². The highest BCUT2D eigenvalue weighted by molar-refractivity contribution is 5.57. The van der Waals surface area contributed by atoms with Crippen molar-refractivity contribution in [1.82, 2.24) is 5.32 Å². The van der Waals surface area contributed by atoms with Gasteiger partial charge in [0.15, 0.2) is 11.5 Å². The Balaban J connectivity index is 1.72. The van der Waals surface area contributed by atoms with Gasteiger partial charge in [-0.1, -0.05) is 13.8 Å². The topological polar surface area (TPSA) is 33.7 Å². The minimum absolute atomic E-state index is 0.578. The summed E-state index contributed by atoms with van der Waals surface area (Å²) in [4.78, 5) is 2.46. The summed E-state index contributed by atoms with van der Waals surface area (Å²) < 4.78 is 11.5. The summed E-state index contributed by atoms with van der Waals surface area (Å²) in [6, 6.07) is 6.92. The molecule has 2 aliphatic heterocycles. The third-order valence-electron chi connectivity index (χ3n) is 4.11. The quantitative estimate of drug-likeness (QED) is 0.928. The van der Waals surface area contributed by atoms with Crippen LogP contribution in [0.25, 0.3) is 0 Å². The first-order valence-corrected chi connectivity index (χ1v) is 8.10. The van der Waals surface area contributed by atoms with E-state index in [1.807, 2.05) is 0 Å². The Bertz CT molecular complexity index is 476. The molecule has 0 amide bonds. The molecule has 0 saturated carbocycles. The first-order chi connectivity index (χ1) is 10.2. The van der Waals surface area contributed by atoms with E-state index >= 15 is 0 Å². The van der Waals surface area contributed by atoms with Gasteiger partial charge in [0.1, 0.15) is 0 Å². The molecule has 1 aromatic rings. The molecule has 0 bridgehead atoms. The van der Waals surface area contributed by atoms with Gasteiger partial charge in [-0.05, 0) is 24.5 Å². The summed E-state index contributed by atoms with van der Waals surface area (Å²) in [5.41, 5.74) is 1.24. The number of hydrogen-bond donors (Lipinski definition) is 1. The minimum Gasteiger partial charge on any atom is -0.490 e. The van der Waals surface area contributed by atoms with Gasteiger partial charge in [0.2, 0.25) is 0 Å². The van der Waals surface area contributed by atoms with Gasteiger partial charge in [0.25, 0.3) is 0 Å². The zero-order valence-electron chi connectivity index (χ0n) is 13.1. The van der Waals surface area contributed by atoms with Crippen LogP contribution in [-0.2, 0) is 0 Å². The molecule has 1 unspecified atom stereocenters. The lowest BCUT2D eigenvalue weighted by Crippen LogP contribution is -2.51. The fourth-order valence-corrected chi connectivity index (χ4v) is 3.14. The molecule has 3 rings (SSSR count). The van der Waals surface area contributed by atoms with Crippen molar-refractivity contribution >= 4 is 5.69 Å². The molecule has 4 heteroatoms. The van der Waals surface area contributed by atoms with Gasteiger partial charge in [0, 0.05) is 43.9 Å². The van der Waals surface area contributed by atoms with Crippen LogP contribution in [0.3, 0.4) is 0 Å². The monoisotopic (exact) mass is 290 g/mol. The maximum absolute atomic E-state index is 5.80. The average molecular weight is 290 g/mol. The summed E-state index contributed by atoms with van der Waals surface area (Å²) in [6.07, 6.45) is 2.18. The molecule has 21 heavy (non-hydrogen) atoms. The number of hydrogen-bond acceptors (Lipinski definition) is 4. The normalized spacial score (nSPS) is 22.2. The molecule has 0 radical (unpaired) electrons. The molecule has 1 fully saturated rings. The lowest BCUT2D eigenvalue weighted by atomic mass is 10.0. The van der Waals surface area contributed by atoms with Crippen molar-refractivity contribution in [2.45, 2.75) is 32.7 Å². The van der Waals surface area contributed by atoms with Crippen molar-refractivity contribution in [2.24, 2.45) is 5.92 Å². The third kappa shape index (κ3) is 3.62. The molecule has 2 heterocycles. The van der Waals surface area contributed by atoms with E-state index < -0.39 is 0 Å². The molecule has 1 saturated heterocycles. The van der Waals surface area contributed by atoms with Crippen molar-refractivity contribution in [1.29, 1.82) is 0 Å². The zero-order valence-corrected chi connectivity index (χ0v) is 13.1. The summed E-state index contributed by atoms with van der Waals surface area (Å²) in [5.74, 6) is 2.50. The minimum atomic E-state index is 0.578. The van der Waals surface area contributed by atoms with E-state index in [2.05, 4.69) is 42.3 Å². The Labute approximate surface area is 127 Å². The summed E-state index contributed by atoms with van der Waals surface area (Å²) in [7, 11) is 0. The van der Waals surface area contributed by atoms with Crippen LogP contribution < -0.4 is 19.7 Å².